The van der Waals surface area contributed by atoms with Gasteiger partial charge in [0.05, 0.1) is 17.9 Å². The van der Waals surface area contributed by atoms with Crippen LogP contribution in [0.25, 0.3) is 0 Å². The Bertz CT molecular complexity index is 316. The molecule has 0 atom stereocenters. The van der Waals surface area contributed by atoms with E-state index in [1.165, 1.54) is 5.56 Å². The third kappa shape index (κ3) is 1.20. The van der Waals surface area contributed by atoms with Gasteiger partial charge >= 0.3 is 0 Å². The minimum absolute atomic E-state index is 0.846. The highest BCUT2D eigenvalue weighted by Crippen LogP contribution is 2.27. The molecular formula is C10H12N2. The molecule has 0 spiro atoms. The lowest BCUT2D eigenvalue weighted by molar-refractivity contribution is 1.14. The number of fused-ring (bicyclic) bond motifs is 1. The SMILES string of the molecule is CCc1ccc2c(c1)N=CCN2. The summed E-state index contributed by atoms with van der Waals surface area (Å²) in [6.45, 7) is 3.00. The zero-order chi connectivity index (χ0) is 8.39. The molecule has 0 saturated carbocycles. The van der Waals surface area contributed by atoms with Crippen molar-refractivity contribution in [1.29, 1.82) is 0 Å². The zero-order valence-electron chi connectivity index (χ0n) is 7.17. The molecule has 1 N–H and O–H groups in total. The van der Waals surface area contributed by atoms with Gasteiger partial charge in [-0.05, 0) is 24.1 Å². The lowest BCUT2D eigenvalue weighted by Gasteiger charge is -2.12. The van der Waals surface area contributed by atoms with Crippen LogP contribution >= 0.6 is 0 Å². The average molecular weight is 160 g/mol. The first-order chi connectivity index (χ1) is 5.90. The summed E-state index contributed by atoms with van der Waals surface area (Å²) in [5, 5.41) is 3.26. The van der Waals surface area contributed by atoms with Crippen LogP contribution in [0.1, 0.15) is 12.5 Å². The van der Waals surface area contributed by atoms with Crippen molar-refractivity contribution in [2.24, 2.45) is 4.99 Å². The Morgan fingerprint density at radius 1 is 1.50 bits per heavy atom. The van der Waals surface area contributed by atoms with E-state index >= 15 is 0 Å². The minimum Gasteiger partial charge on any atom is -0.378 e. The van der Waals surface area contributed by atoms with Gasteiger partial charge in [-0.3, -0.25) is 4.99 Å². The van der Waals surface area contributed by atoms with Gasteiger partial charge in [0, 0.05) is 6.21 Å². The van der Waals surface area contributed by atoms with Gasteiger partial charge in [0.2, 0.25) is 0 Å². The van der Waals surface area contributed by atoms with Gasteiger partial charge in [-0.1, -0.05) is 13.0 Å². The van der Waals surface area contributed by atoms with E-state index in [1.807, 2.05) is 6.21 Å². The molecule has 2 rings (SSSR count). The largest absolute Gasteiger partial charge is 0.378 e. The van der Waals surface area contributed by atoms with Crippen LogP contribution in [0.4, 0.5) is 11.4 Å². The molecule has 0 aliphatic carbocycles. The fourth-order valence-corrected chi connectivity index (χ4v) is 1.35. The normalized spacial score (nSPS) is 13.8. The first-order valence-corrected chi connectivity index (χ1v) is 4.29. The molecule has 1 aromatic rings. The van der Waals surface area contributed by atoms with E-state index in [0.717, 1.165) is 24.3 Å². The fraction of sp³-hybridized carbons (Fsp3) is 0.300. The van der Waals surface area contributed by atoms with Crippen LogP contribution in [0.2, 0.25) is 0 Å². The number of anilines is 1. The molecule has 0 radical (unpaired) electrons. The third-order valence-corrected chi connectivity index (χ3v) is 2.08. The van der Waals surface area contributed by atoms with E-state index in [2.05, 4.69) is 35.4 Å². The van der Waals surface area contributed by atoms with Crippen molar-refractivity contribution in [1.82, 2.24) is 0 Å². The predicted octanol–water partition coefficient (Wildman–Crippen LogP) is 2.38. The number of aliphatic imine (C=N–C) groups is 1. The van der Waals surface area contributed by atoms with Crippen molar-refractivity contribution in [3.8, 4) is 0 Å². The standard InChI is InChI=1S/C10H12N2/c1-2-8-3-4-9-10(7-8)12-6-5-11-9/h3-4,6-7,11H,2,5H2,1H3. The second-order valence-corrected chi connectivity index (χ2v) is 2.90. The molecule has 62 valence electrons. The van der Waals surface area contributed by atoms with Crippen LogP contribution < -0.4 is 5.32 Å². The molecule has 0 aromatic heterocycles. The number of aryl methyl sites for hydroxylation is 1. The van der Waals surface area contributed by atoms with Gasteiger partial charge in [-0.2, -0.15) is 0 Å². The molecular weight excluding hydrogens is 148 g/mol. The second-order valence-electron chi connectivity index (χ2n) is 2.90. The Morgan fingerprint density at radius 3 is 3.25 bits per heavy atom. The summed E-state index contributed by atoms with van der Waals surface area (Å²) in [5.41, 5.74) is 3.56. The Labute approximate surface area is 72.3 Å². The molecule has 0 bridgehead atoms. The molecule has 2 nitrogen and oxygen atoms in total. The van der Waals surface area contributed by atoms with Gasteiger partial charge in [0.25, 0.3) is 0 Å². The summed E-state index contributed by atoms with van der Waals surface area (Å²) in [7, 11) is 0. The van der Waals surface area contributed by atoms with Crippen molar-refractivity contribution in [3.63, 3.8) is 0 Å². The topological polar surface area (TPSA) is 24.4 Å². The third-order valence-electron chi connectivity index (χ3n) is 2.08. The van der Waals surface area contributed by atoms with E-state index in [-0.39, 0.29) is 0 Å². The maximum absolute atomic E-state index is 4.31. The Balaban J connectivity index is 2.44. The van der Waals surface area contributed by atoms with E-state index in [0.29, 0.717) is 0 Å². The second kappa shape index (κ2) is 2.97. The van der Waals surface area contributed by atoms with Crippen LogP contribution in [0.5, 0.6) is 0 Å². The summed E-state index contributed by atoms with van der Waals surface area (Å²) < 4.78 is 0. The first kappa shape index (κ1) is 7.35. The van der Waals surface area contributed by atoms with E-state index in [9.17, 15) is 0 Å². The van der Waals surface area contributed by atoms with Crippen molar-refractivity contribution in [3.05, 3.63) is 23.8 Å². The molecule has 12 heavy (non-hydrogen) atoms. The first-order valence-electron chi connectivity index (χ1n) is 4.29. The van der Waals surface area contributed by atoms with Gasteiger partial charge in [-0.15, -0.1) is 0 Å². The summed E-state index contributed by atoms with van der Waals surface area (Å²) in [4.78, 5) is 4.31. The molecule has 1 aromatic carbocycles. The fourth-order valence-electron chi connectivity index (χ4n) is 1.35. The van der Waals surface area contributed by atoms with Crippen LogP contribution in [0.3, 0.4) is 0 Å². The van der Waals surface area contributed by atoms with Crippen molar-refractivity contribution < 1.29 is 0 Å². The Kier molecular flexibility index (Phi) is 1.82. The maximum atomic E-state index is 4.31. The molecule has 0 saturated heterocycles. The molecule has 1 aliphatic rings. The summed E-state index contributed by atoms with van der Waals surface area (Å²) in [5.74, 6) is 0. The molecule has 2 heteroatoms. The van der Waals surface area contributed by atoms with E-state index in [4.69, 9.17) is 0 Å². The van der Waals surface area contributed by atoms with E-state index in [1.54, 1.807) is 0 Å². The van der Waals surface area contributed by atoms with Crippen LogP contribution in [-0.2, 0) is 6.42 Å². The van der Waals surface area contributed by atoms with Gasteiger partial charge in [0.1, 0.15) is 0 Å². The quantitative estimate of drug-likeness (QED) is 0.670. The summed E-state index contributed by atoms with van der Waals surface area (Å²) in [6.07, 6.45) is 2.98. The van der Waals surface area contributed by atoms with Gasteiger partial charge in [0.15, 0.2) is 0 Å². The zero-order valence-corrected chi connectivity index (χ0v) is 7.17. The average Bonchev–Trinajstić information content (AvgIpc) is 2.17. The number of hydrogen-bond acceptors (Lipinski definition) is 2. The van der Waals surface area contributed by atoms with Crippen LogP contribution in [0.15, 0.2) is 23.2 Å². The molecule has 1 heterocycles. The monoisotopic (exact) mass is 160 g/mol. The summed E-state index contributed by atoms with van der Waals surface area (Å²) in [6, 6.07) is 6.38. The lowest BCUT2D eigenvalue weighted by atomic mass is 10.1. The smallest absolute Gasteiger partial charge is 0.0860 e. The number of rotatable bonds is 1. The van der Waals surface area contributed by atoms with E-state index < -0.39 is 0 Å². The lowest BCUT2D eigenvalue weighted by Crippen LogP contribution is -2.06. The Hall–Kier alpha value is -1.31. The van der Waals surface area contributed by atoms with Gasteiger partial charge in [-0.25, -0.2) is 0 Å². The van der Waals surface area contributed by atoms with Gasteiger partial charge < -0.3 is 5.32 Å². The maximum Gasteiger partial charge on any atom is 0.0860 e. The van der Waals surface area contributed by atoms with Crippen molar-refractivity contribution in [2.45, 2.75) is 13.3 Å². The highest BCUT2D eigenvalue weighted by Gasteiger charge is 2.03. The van der Waals surface area contributed by atoms with Crippen LogP contribution in [0, 0.1) is 0 Å². The number of benzene rings is 1. The Morgan fingerprint density at radius 2 is 2.42 bits per heavy atom. The molecule has 1 aliphatic heterocycles. The molecule has 0 amide bonds. The summed E-state index contributed by atoms with van der Waals surface area (Å²) >= 11 is 0. The highest BCUT2D eigenvalue weighted by molar-refractivity contribution is 5.80. The number of nitrogens with one attached hydrogen (secondary N) is 1. The predicted molar refractivity (Wildman–Crippen MR) is 52.5 cm³/mol. The highest BCUT2D eigenvalue weighted by atomic mass is 15.0. The van der Waals surface area contributed by atoms with Crippen molar-refractivity contribution >= 4 is 17.6 Å². The van der Waals surface area contributed by atoms with Crippen molar-refractivity contribution in [2.75, 3.05) is 11.9 Å². The minimum atomic E-state index is 0.846. The molecule has 0 fully saturated rings. The number of hydrogen-bond donors (Lipinski definition) is 1. The number of nitrogens with zero attached hydrogens (tertiary/aromatic N) is 1. The van der Waals surface area contributed by atoms with Crippen LogP contribution in [-0.4, -0.2) is 12.8 Å². The molecule has 0 unspecified atom stereocenters.